The average Bonchev–Trinajstić information content (AvgIpc) is 3.61. The first-order valence-corrected chi connectivity index (χ1v) is 14.1. The number of nitrogens with one attached hydrogen (secondary N) is 2. The number of piperazine rings is 1. The molecule has 4 aromatic rings. The van der Waals surface area contributed by atoms with Crippen LogP contribution in [0, 0.1) is 0 Å². The Labute approximate surface area is 265 Å². The van der Waals surface area contributed by atoms with E-state index in [2.05, 4.69) is 25.7 Å². The topological polar surface area (TPSA) is 139 Å². The number of aromatic nitrogens is 5. The van der Waals surface area contributed by atoms with Gasteiger partial charge in [-0.1, -0.05) is 19.0 Å². The smallest absolute Gasteiger partial charge is 0.354 e. The third-order valence-corrected chi connectivity index (χ3v) is 7.33. The molecule has 0 unspecified atom stereocenters. The molecule has 0 atom stereocenters. The monoisotopic (exact) mass is 670 g/mol. The number of hydrogen-bond donors (Lipinski definition) is 3. The van der Waals surface area contributed by atoms with Crippen LogP contribution in [0.15, 0.2) is 43.0 Å². The third-order valence-electron chi connectivity index (χ3n) is 7.01. The molecular weight excluding hydrogens is 639 g/mol. The summed E-state index contributed by atoms with van der Waals surface area (Å²) in [6.45, 7) is 1.81. The van der Waals surface area contributed by atoms with Crippen LogP contribution in [0.2, 0.25) is 5.02 Å². The van der Waals surface area contributed by atoms with Crippen LogP contribution in [0.3, 0.4) is 0 Å². The zero-order valence-electron chi connectivity index (χ0n) is 23.6. The fourth-order valence-corrected chi connectivity index (χ4v) is 5.17. The Morgan fingerprint density at radius 1 is 1.11 bits per heavy atom. The van der Waals surface area contributed by atoms with Crippen molar-refractivity contribution in [2.24, 2.45) is 5.73 Å². The van der Waals surface area contributed by atoms with Crippen LogP contribution in [0.1, 0.15) is 23.5 Å². The standard InChI is InChI=1S/C27H28ClF5N10O2.CH4/c28-19-11-16(1-2-17(19)26(45)41-9-7-40(8-10-41)15-22(44)35-4-3-34)38-24-25-37-12-20(43(25)6-5-36-24)18-13-42(14-21(29)30)39-23(18)27(31,32)33;/h1-2,5-6,11-13,21H,3-4,7-10,14-15,34H2,(H,35,44)(H,36,38);1H4. The Morgan fingerprint density at radius 2 is 1.85 bits per heavy atom. The number of alkyl halides is 5. The molecule has 0 bridgehead atoms. The van der Waals surface area contributed by atoms with Crippen molar-refractivity contribution in [1.29, 1.82) is 0 Å². The van der Waals surface area contributed by atoms with E-state index in [1.54, 1.807) is 17.0 Å². The molecule has 5 rings (SSSR count). The second-order valence-electron chi connectivity index (χ2n) is 10.1. The molecular formula is C28H32ClF5N10O2. The first-order valence-electron chi connectivity index (χ1n) is 13.7. The van der Waals surface area contributed by atoms with Crippen molar-refractivity contribution in [1.82, 2.24) is 39.3 Å². The van der Waals surface area contributed by atoms with Gasteiger partial charge in [-0.25, -0.2) is 18.7 Å². The van der Waals surface area contributed by atoms with Gasteiger partial charge < -0.3 is 21.3 Å². The number of benzene rings is 1. The van der Waals surface area contributed by atoms with Gasteiger partial charge in [0.15, 0.2) is 17.2 Å². The lowest BCUT2D eigenvalue weighted by atomic mass is 10.1. The summed E-state index contributed by atoms with van der Waals surface area (Å²) in [5, 5.41) is 9.22. The summed E-state index contributed by atoms with van der Waals surface area (Å²) in [4.78, 5) is 37.2. The van der Waals surface area contributed by atoms with Crippen LogP contribution in [0.5, 0.6) is 0 Å². The predicted molar refractivity (Wildman–Crippen MR) is 161 cm³/mol. The molecule has 248 valence electrons. The van der Waals surface area contributed by atoms with Crippen LogP contribution in [-0.4, -0.2) is 98.0 Å². The number of fused-ring (bicyclic) bond motifs is 1. The summed E-state index contributed by atoms with van der Waals surface area (Å²) < 4.78 is 68.8. The van der Waals surface area contributed by atoms with E-state index in [4.69, 9.17) is 17.3 Å². The molecule has 0 spiro atoms. The summed E-state index contributed by atoms with van der Waals surface area (Å²) in [5.41, 5.74) is 4.47. The van der Waals surface area contributed by atoms with Crippen molar-refractivity contribution in [3.63, 3.8) is 0 Å². The number of carbonyl (C=O) groups is 2. The minimum atomic E-state index is -4.90. The molecule has 4 heterocycles. The fraction of sp³-hybridized carbons (Fsp3) is 0.393. The summed E-state index contributed by atoms with van der Waals surface area (Å²) in [5.74, 6) is -0.237. The number of amides is 2. The molecule has 1 fully saturated rings. The van der Waals surface area contributed by atoms with Gasteiger partial charge in [0.25, 0.3) is 12.3 Å². The van der Waals surface area contributed by atoms with E-state index in [1.807, 2.05) is 4.90 Å². The van der Waals surface area contributed by atoms with Crippen molar-refractivity contribution in [3.05, 3.63) is 59.3 Å². The van der Waals surface area contributed by atoms with E-state index in [0.29, 0.717) is 49.6 Å². The first kappa shape index (κ1) is 34.5. The van der Waals surface area contributed by atoms with Crippen molar-refractivity contribution >= 4 is 40.6 Å². The molecule has 4 N–H and O–H groups in total. The highest BCUT2D eigenvalue weighted by atomic mass is 35.5. The third kappa shape index (κ3) is 7.71. The zero-order chi connectivity index (χ0) is 32.3. The van der Waals surface area contributed by atoms with Crippen molar-refractivity contribution < 1.29 is 31.5 Å². The lowest BCUT2D eigenvalue weighted by Gasteiger charge is -2.34. The van der Waals surface area contributed by atoms with Crippen molar-refractivity contribution in [3.8, 4) is 11.3 Å². The molecule has 1 aromatic carbocycles. The lowest BCUT2D eigenvalue weighted by Crippen LogP contribution is -2.51. The van der Waals surface area contributed by atoms with Gasteiger partial charge in [-0.15, -0.1) is 0 Å². The largest absolute Gasteiger partial charge is 0.435 e. The molecule has 18 heteroatoms. The molecule has 2 amide bonds. The first-order chi connectivity index (χ1) is 21.4. The van der Waals surface area contributed by atoms with Gasteiger partial charge in [0.1, 0.15) is 6.54 Å². The molecule has 0 aliphatic carbocycles. The Balaban J connectivity index is 0.00000480. The maximum absolute atomic E-state index is 13.7. The van der Waals surface area contributed by atoms with Crippen LogP contribution in [0.25, 0.3) is 16.9 Å². The minimum absolute atomic E-state index is 0. The van der Waals surface area contributed by atoms with Crippen LogP contribution >= 0.6 is 11.6 Å². The second kappa shape index (κ2) is 14.4. The van der Waals surface area contributed by atoms with Crippen molar-refractivity contribution in [2.75, 3.05) is 51.1 Å². The Hall–Kier alpha value is -4.35. The summed E-state index contributed by atoms with van der Waals surface area (Å²) >= 11 is 6.49. The van der Waals surface area contributed by atoms with E-state index in [1.165, 1.54) is 29.1 Å². The molecule has 12 nitrogen and oxygen atoms in total. The van der Waals surface area contributed by atoms with E-state index in [0.717, 1.165) is 6.20 Å². The lowest BCUT2D eigenvalue weighted by molar-refractivity contribution is -0.141. The van der Waals surface area contributed by atoms with E-state index < -0.39 is 30.4 Å². The molecule has 3 aromatic heterocycles. The SMILES string of the molecule is C.NCCNC(=O)CN1CCN(C(=O)c2ccc(Nc3nccn4c(-c5cn(CC(F)F)nc5C(F)(F)F)cnc34)cc2Cl)CC1. The highest BCUT2D eigenvalue weighted by Crippen LogP contribution is 2.37. The number of rotatable bonds is 10. The molecule has 1 saturated heterocycles. The number of nitrogens with zero attached hydrogens (tertiary/aromatic N) is 7. The zero-order valence-corrected chi connectivity index (χ0v) is 24.3. The van der Waals surface area contributed by atoms with Gasteiger partial charge in [0.05, 0.1) is 34.6 Å². The van der Waals surface area contributed by atoms with Gasteiger partial charge in [-0.3, -0.25) is 23.6 Å². The number of hydrogen-bond acceptors (Lipinski definition) is 8. The Morgan fingerprint density at radius 3 is 2.50 bits per heavy atom. The quantitative estimate of drug-likeness (QED) is 0.217. The summed E-state index contributed by atoms with van der Waals surface area (Å²) in [6, 6.07) is 4.66. The highest BCUT2D eigenvalue weighted by Gasteiger charge is 2.38. The average molecular weight is 671 g/mol. The maximum Gasteiger partial charge on any atom is 0.435 e. The minimum Gasteiger partial charge on any atom is -0.354 e. The molecule has 1 aliphatic heterocycles. The Bertz CT molecular complexity index is 1680. The van der Waals surface area contributed by atoms with E-state index in [9.17, 15) is 31.5 Å². The maximum atomic E-state index is 13.7. The van der Waals surface area contributed by atoms with E-state index in [-0.39, 0.29) is 53.5 Å². The highest BCUT2D eigenvalue weighted by molar-refractivity contribution is 6.34. The van der Waals surface area contributed by atoms with Gasteiger partial charge in [0.2, 0.25) is 5.91 Å². The van der Waals surface area contributed by atoms with Gasteiger partial charge in [0, 0.05) is 63.5 Å². The molecule has 46 heavy (non-hydrogen) atoms. The number of nitrogens with two attached hydrogens (primary N) is 1. The van der Waals surface area contributed by atoms with Crippen LogP contribution < -0.4 is 16.4 Å². The van der Waals surface area contributed by atoms with Crippen LogP contribution in [-0.2, 0) is 17.5 Å². The normalized spacial score (nSPS) is 14.0. The predicted octanol–water partition coefficient (Wildman–Crippen LogP) is 3.74. The van der Waals surface area contributed by atoms with Gasteiger partial charge in [-0.2, -0.15) is 18.3 Å². The number of carbonyl (C=O) groups excluding carboxylic acids is 2. The van der Waals surface area contributed by atoms with Crippen molar-refractivity contribution in [2.45, 2.75) is 26.6 Å². The molecule has 1 aliphatic rings. The molecule has 0 saturated carbocycles. The number of imidazole rings is 1. The fourth-order valence-electron chi connectivity index (χ4n) is 4.91. The van der Waals surface area contributed by atoms with Gasteiger partial charge in [-0.05, 0) is 18.2 Å². The summed E-state index contributed by atoms with van der Waals surface area (Å²) in [7, 11) is 0. The number of halogens is 6. The second-order valence-corrected chi connectivity index (χ2v) is 10.5. The van der Waals surface area contributed by atoms with E-state index >= 15 is 0 Å². The molecule has 0 radical (unpaired) electrons. The van der Waals surface area contributed by atoms with Crippen LogP contribution in [0.4, 0.5) is 33.5 Å². The summed E-state index contributed by atoms with van der Waals surface area (Å²) in [6.07, 6.45) is -3.01. The number of anilines is 2. The van der Waals surface area contributed by atoms with Gasteiger partial charge >= 0.3 is 6.18 Å². The Kier molecular flexibility index (Phi) is 10.8.